The highest BCUT2D eigenvalue weighted by Crippen LogP contribution is 2.25. The Kier molecular flexibility index (Phi) is 3.87. The highest BCUT2D eigenvalue weighted by molar-refractivity contribution is 7.89. The van der Waals surface area contributed by atoms with Crippen molar-refractivity contribution in [2.75, 3.05) is 5.75 Å². The van der Waals surface area contributed by atoms with Crippen molar-refractivity contribution in [3.05, 3.63) is 0 Å². The zero-order chi connectivity index (χ0) is 11.6. The van der Waals surface area contributed by atoms with Gasteiger partial charge in [0.05, 0.1) is 5.75 Å². The maximum Gasteiger partial charge on any atom is 0.212 e. The van der Waals surface area contributed by atoms with Crippen LogP contribution in [0.4, 0.5) is 0 Å². The summed E-state index contributed by atoms with van der Waals surface area (Å²) < 4.78 is 26.5. The third-order valence-electron chi connectivity index (χ3n) is 3.70. The third kappa shape index (κ3) is 3.43. The lowest BCUT2D eigenvalue weighted by Crippen LogP contribution is -2.51. The van der Waals surface area contributed by atoms with Crippen LogP contribution in [0.25, 0.3) is 0 Å². The van der Waals surface area contributed by atoms with E-state index in [1.165, 1.54) is 19.3 Å². The summed E-state index contributed by atoms with van der Waals surface area (Å²) in [5.74, 6) is 0.693. The van der Waals surface area contributed by atoms with E-state index in [4.69, 9.17) is 5.73 Å². The Morgan fingerprint density at radius 2 is 1.75 bits per heavy atom. The van der Waals surface area contributed by atoms with E-state index in [1.54, 1.807) is 0 Å². The molecule has 4 nitrogen and oxygen atoms in total. The molecular formula is C11H22N2O2S. The van der Waals surface area contributed by atoms with Crippen molar-refractivity contribution in [2.24, 2.45) is 11.7 Å². The van der Waals surface area contributed by atoms with Gasteiger partial charge in [-0.05, 0) is 31.6 Å². The molecule has 2 aliphatic rings. The van der Waals surface area contributed by atoms with Crippen LogP contribution in [0.5, 0.6) is 0 Å². The third-order valence-corrected chi connectivity index (χ3v) is 5.30. The SMILES string of the molecule is NC1CC(NS(=O)(=O)CC2CCCCC2)C1. The molecule has 0 unspecified atom stereocenters. The first-order valence-corrected chi connectivity index (χ1v) is 7.96. The summed E-state index contributed by atoms with van der Waals surface area (Å²) in [5, 5.41) is 0. The maximum atomic E-state index is 11.9. The van der Waals surface area contributed by atoms with Crippen molar-refractivity contribution in [1.29, 1.82) is 0 Å². The van der Waals surface area contributed by atoms with Gasteiger partial charge in [0.1, 0.15) is 0 Å². The minimum absolute atomic E-state index is 0.101. The van der Waals surface area contributed by atoms with Gasteiger partial charge in [0, 0.05) is 12.1 Å². The lowest BCUT2D eigenvalue weighted by Gasteiger charge is -2.33. The van der Waals surface area contributed by atoms with E-state index in [2.05, 4.69) is 4.72 Å². The molecule has 0 saturated heterocycles. The van der Waals surface area contributed by atoms with Crippen LogP contribution >= 0.6 is 0 Å². The highest BCUT2D eigenvalue weighted by Gasteiger charge is 2.30. The van der Waals surface area contributed by atoms with Gasteiger partial charge >= 0.3 is 0 Å². The molecule has 2 rings (SSSR count). The molecule has 2 saturated carbocycles. The monoisotopic (exact) mass is 246 g/mol. The number of hydrogen-bond acceptors (Lipinski definition) is 3. The number of hydrogen-bond donors (Lipinski definition) is 2. The average molecular weight is 246 g/mol. The lowest BCUT2D eigenvalue weighted by atomic mass is 9.89. The summed E-state index contributed by atoms with van der Waals surface area (Å²) in [6.45, 7) is 0. The highest BCUT2D eigenvalue weighted by atomic mass is 32.2. The molecule has 5 heteroatoms. The zero-order valence-electron chi connectivity index (χ0n) is 9.69. The molecule has 2 aliphatic carbocycles. The van der Waals surface area contributed by atoms with Crippen molar-refractivity contribution < 1.29 is 8.42 Å². The topological polar surface area (TPSA) is 72.2 Å². The Morgan fingerprint density at radius 1 is 1.12 bits per heavy atom. The molecule has 94 valence electrons. The van der Waals surface area contributed by atoms with Gasteiger partial charge in [0.15, 0.2) is 0 Å². The second kappa shape index (κ2) is 5.02. The first kappa shape index (κ1) is 12.3. The molecule has 0 aromatic rings. The van der Waals surface area contributed by atoms with Crippen LogP contribution < -0.4 is 10.5 Å². The Balaban J connectivity index is 1.78. The van der Waals surface area contributed by atoms with Gasteiger partial charge in [0.25, 0.3) is 0 Å². The smallest absolute Gasteiger partial charge is 0.212 e. The summed E-state index contributed by atoms with van der Waals surface area (Å²) >= 11 is 0. The molecule has 0 aromatic carbocycles. The number of sulfonamides is 1. The zero-order valence-corrected chi connectivity index (χ0v) is 10.5. The van der Waals surface area contributed by atoms with Crippen LogP contribution in [0, 0.1) is 5.92 Å². The van der Waals surface area contributed by atoms with Crippen LogP contribution in [0.2, 0.25) is 0 Å². The van der Waals surface area contributed by atoms with Crippen molar-refractivity contribution in [2.45, 2.75) is 57.0 Å². The standard InChI is InChI=1S/C11H22N2O2S/c12-10-6-11(7-10)13-16(14,15)8-9-4-2-1-3-5-9/h9-11,13H,1-8,12H2. The lowest BCUT2D eigenvalue weighted by molar-refractivity contribution is 0.324. The van der Waals surface area contributed by atoms with Gasteiger partial charge in [-0.25, -0.2) is 13.1 Å². The molecule has 2 fully saturated rings. The number of nitrogens with two attached hydrogens (primary N) is 1. The van der Waals surface area contributed by atoms with Crippen molar-refractivity contribution in [3.63, 3.8) is 0 Å². The van der Waals surface area contributed by atoms with Crippen LogP contribution in [-0.2, 0) is 10.0 Å². The van der Waals surface area contributed by atoms with Gasteiger partial charge in [-0.1, -0.05) is 19.3 Å². The van der Waals surface area contributed by atoms with Gasteiger partial charge in [-0.2, -0.15) is 0 Å². The fraction of sp³-hybridized carbons (Fsp3) is 1.00. The predicted octanol–water partition coefficient (Wildman–Crippen LogP) is 0.976. The predicted molar refractivity (Wildman–Crippen MR) is 64.5 cm³/mol. The first-order valence-electron chi connectivity index (χ1n) is 6.31. The summed E-state index contributed by atoms with van der Waals surface area (Å²) in [7, 11) is -3.07. The van der Waals surface area contributed by atoms with Gasteiger partial charge in [-0.15, -0.1) is 0 Å². The van der Waals surface area contributed by atoms with Crippen molar-refractivity contribution in [1.82, 2.24) is 4.72 Å². The van der Waals surface area contributed by atoms with Crippen LogP contribution in [0.15, 0.2) is 0 Å². The largest absolute Gasteiger partial charge is 0.328 e. The van der Waals surface area contributed by atoms with Crippen molar-refractivity contribution in [3.8, 4) is 0 Å². The van der Waals surface area contributed by atoms with Gasteiger partial charge in [-0.3, -0.25) is 0 Å². The van der Waals surface area contributed by atoms with Crippen LogP contribution in [0.3, 0.4) is 0 Å². The molecule has 0 atom stereocenters. The van der Waals surface area contributed by atoms with Crippen molar-refractivity contribution >= 4 is 10.0 Å². The molecule has 0 aliphatic heterocycles. The van der Waals surface area contributed by atoms with E-state index in [0.717, 1.165) is 25.7 Å². The number of rotatable bonds is 4. The molecule has 0 radical (unpaired) electrons. The Hall–Kier alpha value is -0.130. The van der Waals surface area contributed by atoms with E-state index in [1.807, 2.05) is 0 Å². The molecule has 0 spiro atoms. The minimum Gasteiger partial charge on any atom is -0.328 e. The fourth-order valence-corrected chi connectivity index (χ4v) is 4.47. The molecule has 0 bridgehead atoms. The Morgan fingerprint density at radius 3 is 2.31 bits per heavy atom. The van der Waals surface area contributed by atoms with E-state index in [-0.39, 0.29) is 12.1 Å². The minimum atomic E-state index is -3.07. The fourth-order valence-electron chi connectivity index (χ4n) is 2.72. The Labute approximate surface area is 98.0 Å². The van der Waals surface area contributed by atoms with E-state index >= 15 is 0 Å². The van der Waals surface area contributed by atoms with Crippen LogP contribution in [-0.4, -0.2) is 26.3 Å². The molecule has 0 heterocycles. The first-order chi connectivity index (χ1) is 7.55. The summed E-state index contributed by atoms with van der Waals surface area (Å²) in [6.07, 6.45) is 7.38. The van der Waals surface area contributed by atoms with E-state index in [9.17, 15) is 8.42 Å². The molecule has 3 N–H and O–H groups in total. The van der Waals surface area contributed by atoms with E-state index < -0.39 is 10.0 Å². The molecule has 0 amide bonds. The van der Waals surface area contributed by atoms with Gasteiger partial charge in [0.2, 0.25) is 10.0 Å². The summed E-state index contributed by atoms with van der Waals surface area (Å²) in [6, 6.07) is 0.297. The molecule has 0 aromatic heterocycles. The molecular weight excluding hydrogens is 224 g/mol. The second-order valence-electron chi connectivity index (χ2n) is 5.33. The quantitative estimate of drug-likeness (QED) is 0.776. The second-order valence-corrected chi connectivity index (χ2v) is 7.13. The van der Waals surface area contributed by atoms with Gasteiger partial charge < -0.3 is 5.73 Å². The molecule has 16 heavy (non-hydrogen) atoms. The summed E-state index contributed by atoms with van der Waals surface area (Å²) in [5.41, 5.74) is 5.64. The Bertz CT molecular complexity index is 317. The van der Waals surface area contributed by atoms with E-state index in [0.29, 0.717) is 11.7 Å². The summed E-state index contributed by atoms with van der Waals surface area (Å²) in [4.78, 5) is 0. The maximum absolute atomic E-state index is 11.9. The average Bonchev–Trinajstić information content (AvgIpc) is 2.15. The number of nitrogens with one attached hydrogen (secondary N) is 1. The van der Waals surface area contributed by atoms with Crippen LogP contribution in [0.1, 0.15) is 44.9 Å². The normalized spacial score (nSPS) is 32.3.